The van der Waals surface area contributed by atoms with Crippen molar-refractivity contribution in [3.8, 4) is 0 Å². The average molecular weight is 330 g/mol. The van der Waals surface area contributed by atoms with Gasteiger partial charge in [0.2, 0.25) is 11.8 Å². The zero-order chi connectivity index (χ0) is 16.7. The highest BCUT2D eigenvalue weighted by atomic mass is 32.1. The number of nitrogens with one attached hydrogen (secondary N) is 2. The van der Waals surface area contributed by atoms with E-state index in [9.17, 15) is 9.59 Å². The Morgan fingerprint density at radius 1 is 1.13 bits per heavy atom. The van der Waals surface area contributed by atoms with Crippen LogP contribution in [0.15, 0.2) is 47.8 Å². The van der Waals surface area contributed by atoms with E-state index in [0.29, 0.717) is 6.54 Å². The largest absolute Gasteiger partial charge is 0.355 e. The van der Waals surface area contributed by atoms with Crippen LogP contribution in [0.25, 0.3) is 0 Å². The van der Waals surface area contributed by atoms with Crippen LogP contribution in [-0.2, 0) is 9.59 Å². The molecule has 0 unspecified atom stereocenters. The van der Waals surface area contributed by atoms with Gasteiger partial charge in [0.05, 0.1) is 12.5 Å². The summed E-state index contributed by atoms with van der Waals surface area (Å²) in [7, 11) is 0. The minimum absolute atomic E-state index is 0.0556. The molecular weight excluding hydrogens is 308 g/mol. The highest BCUT2D eigenvalue weighted by molar-refractivity contribution is 7.10. The molecule has 5 heteroatoms. The summed E-state index contributed by atoms with van der Waals surface area (Å²) in [6.07, 6.45) is 0.252. The Bertz CT molecular complexity index is 626. The number of rotatable bonds is 7. The zero-order valence-corrected chi connectivity index (χ0v) is 14.2. The second kappa shape index (κ2) is 8.48. The fraction of sp³-hybridized carbons (Fsp3) is 0.333. The molecule has 23 heavy (non-hydrogen) atoms. The van der Waals surface area contributed by atoms with E-state index < -0.39 is 0 Å². The Labute approximate surface area is 140 Å². The number of benzene rings is 1. The van der Waals surface area contributed by atoms with E-state index in [2.05, 4.69) is 29.7 Å². The number of hydrogen-bond acceptors (Lipinski definition) is 3. The molecule has 0 radical (unpaired) electrons. The second-order valence-corrected chi connectivity index (χ2v) is 6.57. The quantitative estimate of drug-likeness (QED) is 0.819. The first kappa shape index (κ1) is 17.2. The van der Waals surface area contributed by atoms with E-state index in [1.165, 1.54) is 12.5 Å². The summed E-state index contributed by atoms with van der Waals surface area (Å²) in [4.78, 5) is 24.5. The number of hydrogen-bond donors (Lipinski definition) is 2. The molecule has 122 valence electrons. The van der Waals surface area contributed by atoms with E-state index in [4.69, 9.17) is 0 Å². The number of carbonyl (C=O) groups is 2. The lowest BCUT2D eigenvalue weighted by Gasteiger charge is -2.18. The molecular formula is C18H22N2O2S. The maximum atomic E-state index is 12.2. The summed E-state index contributed by atoms with van der Waals surface area (Å²) in [5.74, 6) is 0.0647. The van der Waals surface area contributed by atoms with Gasteiger partial charge in [0.15, 0.2) is 0 Å². The number of thiophene rings is 1. The van der Waals surface area contributed by atoms with Gasteiger partial charge in [-0.1, -0.05) is 43.3 Å². The summed E-state index contributed by atoms with van der Waals surface area (Å²) >= 11 is 1.54. The molecule has 0 aliphatic rings. The molecule has 0 fully saturated rings. The molecule has 4 nitrogen and oxygen atoms in total. The summed E-state index contributed by atoms with van der Waals surface area (Å²) in [5.41, 5.74) is 1.20. The lowest BCUT2D eigenvalue weighted by atomic mass is 10.0. The standard InChI is InChI=1S/C18H22N2O2S/c1-13(15-7-4-3-5-8-15)12-19-18(22)11-16(20-14(2)21)17-9-6-10-23-17/h3-10,13,16H,11-12H2,1-2H3,(H,19,22)(H,20,21)/t13-,16+/m0/s1. The van der Waals surface area contributed by atoms with E-state index >= 15 is 0 Å². The summed E-state index contributed by atoms with van der Waals surface area (Å²) < 4.78 is 0. The first-order chi connectivity index (χ1) is 11.1. The minimum Gasteiger partial charge on any atom is -0.355 e. The Balaban J connectivity index is 1.88. The van der Waals surface area contributed by atoms with Crippen LogP contribution < -0.4 is 10.6 Å². The fourth-order valence-electron chi connectivity index (χ4n) is 2.38. The maximum absolute atomic E-state index is 12.2. The van der Waals surface area contributed by atoms with Gasteiger partial charge in [-0.2, -0.15) is 0 Å². The number of carbonyl (C=O) groups excluding carboxylic acids is 2. The van der Waals surface area contributed by atoms with Gasteiger partial charge in [-0.25, -0.2) is 0 Å². The van der Waals surface area contributed by atoms with Crippen LogP contribution in [0, 0.1) is 0 Å². The van der Waals surface area contributed by atoms with Crippen LogP contribution in [0.5, 0.6) is 0 Å². The van der Waals surface area contributed by atoms with Crippen molar-refractivity contribution in [1.29, 1.82) is 0 Å². The van der Waals surface area contributed by atoms with Crippen LogP contribution in [0.2, 0.25) is 0 Å². The molecule has 0 saturated heterocycles. The van der Waals surface area contributed by atoms with Gasteiger partial charge < -0.3 is 10.6 Å². The van der Waals surface area contributed by atoms with Crippen molar-refractivity contribution in [2.24, 2.45) is 0 Å². The normalized spacial score (nSPS) is 13.1. The van der Waals surface area contributed by atoms with E-state index in [1.807, 2.05) is 35.7 Å². The molecule has 0 saturated carbocycles. The maximum Gasteiger partial charge on any atom is 0.222 e. The Morgan fingerprint density at radius 2 is 1.87 bits per heavy atom. The minimum atomic E-state index is -0.264. The molecule has 1 aromatic carbocycles. The SMILES string of the molecule is CC(=O)N[C@H](CC(=O)NC[C@H](C)c1ccccc1)c1cccs1. The van der Waals surface area contributed by atoms with Crippen LogP contribution in [0.1, 0.15) is 42.7 Å². The van der Waals surface area contributed by atoms with Gasteiger partial charge in [0, 0.05) is 18.3 Å². The molecule has 2 atom stereocenters. The molecule has 0 bridgehead atoms. The van der Waals surface area contributed by atoms with Crippen molar-refractivity contribution in [1.82, 2.24) is 10.6 Å². The first-order valence-corrected chi connectivity index (χ1v) is 8.56. The van der Waals surface area contributed by atoms with Gasteiger partial charge in [0.1, 0.15) is 0 Å². The van der Waals surface area contributed by atoms with Gasteiger partial charge in [-0.05, 0) is 22.9 Å². The topological polar surface area (TPSA) is 58.2 Å². The predicted molar refractivity (Wildman–Crippen MR) is 93.4 cm³/mol. The molecule has 1 heterocycles. The third kappa shape index (κ3) is 5.53. The predicted octanol–water partition coefficient (Wildman–Crippen LogP) is 3.24. The Kier molecular flexibility index (Phi) is 6.35. The Morgan fingerprint density at radius 3 is 2.48 bits per heavy atom. The van der Waals surface area contributed by atoms with Crippen molar-refractivity contribution in [3.63, 3.8) is 0 Å². The van der Waals surface area contributed by atoms with E-state index in [1.54, 1.807) is 11.3 Å². The van der Waals surface area contributed by atoms with Crippen LogP contribution in [0.3, 0.4) is 0 Å². The van der Waals surface area contributed by atoms with Gasteiger partial charge in [-0.3, -0.25) is 9.59 Å². The summed E-state index contributed by atoms with van der Waals surface area (Å²) in [6.45, 7) is 4.14. The van der Waals surface area contributed by atoms with Crippen LogP contribution >= 0.6 is 11.3 Å². The molecule has 2 amide bonds. The molecule has 2 aromatic rings. The smallest absolute Gasteiger partial charge is 0.222 e. The van der Waals surface area contributed by atoms with Crippen LogP contribution in [0.4, 0.5) is 0 Å². The van der Waals surface area contributed by atoms with Gasteiger partial charge in [0.25, 0.3) is 0 Å². The second-order valence-electron chi connectivity index (χ2n) is 5.59. The zero-order valence-electron chi connectivity index (χ0n) is 13.4. The van der Waals surface area contributed by atoms with E-state index in [-0.39, 0.29) is 30.2 Å². The van der Waals surface area contributed by atoms with Gasteiger partial charge >= 0.3 is 0 Å². The highest BCUT2D eigenvalue weighted by Crippen LogP contribution is 2.22. The monoisotopic (exact) mass is 330 g/mol. The van der Waals surface area contributed by atoms with Crippen molar-refractivity contribution in [2.45, 2.75) is 32.2 Å². The van der Waals surface area contributed by atoms with Gasteiger partial charge in [-0.15, -0.1) is 11.3 Å². The summed E-state index contributed by atoms with van der Waals surface area (Å²) in [5, 5.41) is 7.75. The summed E-state index contributed by atoms with van der Waals surface area (Å²) in [6, 6.07) is 13.7. The van der Waals surface area contributed by atoms with Crippen LogP contribution in [-0.4, -0.2) is 18.4 Å². The third-order valence-corrected chi connectivity index (χ3v) is 4.61. The third-order valence-electron chi connectivity index (χ3n) is 3.63. The van der Waals surface area contributed by atoms with Crippen molar-refractivity contribution in [2.75, 3.05) is 6.54 Å². The molecule has 0 aliphatic carbocycles. The molecule has 2 N–H and O–H groups in total. The van der Waals surface area contributed by atoms with Crippen molar-refractivity contribution in [3.05, 3.63) is 58.3 Å². The van der Waals surface area contributed by atoms with Crippen molar-refractivity contribution >= 4 is 23.2 Å². The lowest BCUT2D eigenvalue weighted by molar-refractivity contribution is -0.122. The highest BCUT2D eigenvalue weighted by Gasteiger charge is 2.18. The Hall–Kier alpha value is -2.14. The molecule has 0 aliphatic heterocycles. The van der Waals surface area contributed by atoms with Crippen molar-refractivity contribution < 1.29 is 9.59 Å². The van der Waals surface area contributed by atoms with E-state index in [0.717, 1.165) is 4.88 Å². The molecule has 2 rings (SSSR count). The lowest BCUT2D eigenvalue weighted by Crippen LogP contribution is -2.33. The fourth-order valence-corrected chi connectivity index (χ4v) is 3.16. The number of amides is 2. The first-order valence-electron chi connectivity index (χ1n) is 7.68. The molecule has 1 aromatic heterocycles. The average Bonchev–Trinajstić information content (AvgIpc) is 3.07. The molecule has 0 spiro atoms.